The Labute approximate surface area is 138 Å². The Hall–Kier alpha value is -0.330. The second-order valence-electron chi connectivity index (χ2n) is 5.71. The number of rotatable bonds is 1. The van der Waals surface area contributed by atoms with Crippen molar-refractivity contribution in [1.82, 2.24) is 9.80 Å². The van der Waals surface area contributed by atoms with Crippen LogP contribution in [0, 0.1) is 3.57 Å². The monoisotopic (exact) mass is 404 g/mol. The van der Waals surface area contributed by atoms with E-state index in [-0.39, 0.29) is 5.91 Å². The minimum Gasteiger partial charge on any atom is -0.337 e. The van der Waals surface area contributed by atoms with Crippen LogP contribution in [0.15, 0.2) is 18.2 Å². The van der Waals surface area contributed by atoms with E-state index in [0.717, 1.165) is 28.6 Å². The van der Waals surface area contributed by atoms with Gasteiger partial charge in [-0.1, -0.05) is 11.6 Å². The van der Waals surface area contributed by atoms with Crippen LogP contribution in [0.4, 0.5) is 0 Å². The smallest absolute Gasteiger partial charge is 0.255 e. The summed E-state index contributed by atoms with van der Waals surface area (Å²) < 4.78 is 0.972. The number of halogens is 2. The van der Waals surface area contributed by atoms with Crippen LogP contribution >= 0.6 is 34.2 Å². The fourth-order valence-corrected chi connectivity index (χ4v) is 4.06. The van der Waals surface area contributed by atoms with Gasteiger partial charge in [-0.05, 0) is 67.1 Å². The Bertz CT molecular complexity index is 537. The lowest BCUT2D eigenvalue weighted by atomic mass is 10.1. The molecule has 0 radical (unpaired) electrons. The normalized spacial score (nSPS) is 26.6. The van der Waals surface area contributed by atoms with Crippen molar-refractivity contribution in [2.45, 2.75) is 31.3 Å². The summed E-state index contributed by atoms with van der Waals surface area (Å²) in [6, 6.07) is 6.70. The molecule has 2 unspecified atom stereocenters. The van der Waals surface area contributed by atoms with Gasteiger partial charge in [0.05, 0.1) is 5.56 Å². The van der Waals surface area contributed by atoms with E-state index in [1.807, 2.05) is 17.0 Å². The minimum absolute atomic E-state index is 0.123. The van der Waals surface area contributed by atoms with E-state index in [4.69, 9.17) is 11.6 Å². The van der Waals surface area contributed by atoms with Gasteiger partial charge in [-0.15, -0.1) is 0 Å². The van der Waals surface area contributed by atoms with E-state index in [0.29, 0.717) is 17.1 Å². The van der Waals surface area contributed by atoms with Gasteiger partial charge in [-0.25, -0.2) is 0 Å². The highest BCUT2D eigenvalue weighted by molar-refractivity contribution is 14.1. The van der Waals surface area contributed by atoms with E-state index in [9.17, 15) is 4.79 Å². The predicted octanol–water partition coefficient (Wildman–Crippen LogP) is 3.25. The van der Waals surface area contributed by atoms with Gasteiger partial charge in [0, 0.05) is 33.8 Å². The van der Waals surface area contributed by atoms with Crippen LogP contribution in [-0.4, -0.2) is 47.9 Å². The largest absolute Gasteiger partial charge is 0.337 e. The van der Waals surface area contributed by atoms with Crippen LogP contribution in [0.3, 0.4) is 0 Å². The first kappa shape index (κ1) is 14.6. The first-order valence-corrected chi connectivity index (χ1v) is 8.48. The summed E-state index contributed by atoms with van der Waals surface area (Å²) in [7, 11) is 2.19. The topological polar surface area (TPSA) is 23.6 Å². The summed E-state index contributed by atoms with van der Waals surface area (Å²) in [6.45, 7) is 1.70. The molecule has 0 spiro atoms. The molecule has 1 amide bonds. The predicted molar refractivity (Wildman–Crippen MR) is 89.3 cm³/mol. The van der Waals surface area contributed by atoms with Crippen molar-refractivity contribution < 1.29 is 4.79 Å². The van der Waals surface area contributed by atoms with Crippen LogP contribution < -0.4 is 0 Å². The first-order valence-electron chi connectivity index (χ1n) is 7.02. The van der Waals surface area contributed by atoms with Crippen molar-refractivity contribution in [2.75, 3.05) is 20.1 Å². The fraction of sp³-hybridized carbons (Fsp3) is 0.533. The van der Waals surface area contributed by atoms with E-state index in [2.05, 4.69) is 34.5 Å². The Kier molecular flexibility index (Phi) is 4.24. The van der Waals surface area contributed by atoms with Gasteiger partial charge in [-0.3, -0.25) is 9.69 Å². The number of likely N-dealkylation sites (tertiary alicyclic amines) is 1. The molecule has 2 bridgehead atoms. The molecule has 2 saturated heterocycles. The molecular weight excluding hydrogens is 387 g/mol. The second-order valence-corrected chi connectivity index (χ2v) is 7.31. The molecule has 20 heavy (non-hydrogen) atoms. The molecular formula is C15H18ClIN2O. The summed E-state index contributed by atoms with van der Waals surface area (Å²) >= 11 is 8.24. The zero-order valence-corrected chi connectivity index (χ0v) is 14.4. The lowest BCUT2D eigenvalue weighted by Crippen LogP contribution is -2.39. The van der Waals surface area contributed by atoms with Crippen molar-refractivity contribution >= 4 is 40.1 Å². The number of fused-ring (bicyclic) bond motifs is 2. The number of amides is 1. The maximum Gasteiger partial charge on any atom is 0.255 e. The fourth-order valence-electron chi connectivity index (χ4n) is 3.32. The van der Waals surface area contributed by atoms with Crippen molar-refractivity contribution in [3.8, 4) is 0 Å². The van der Waals surface area contributed by atoms with Crippen LogP contribution in [-0.2, 0) is 0 Å². The van der Waals surface area contributed by atoms with Gasteiger partial charge in [0.25, 0.3) is 5.91 Å². The number of nitrogens with zero attached hydrogens (tertiary/aromatic N) is 2. The molecule has 2 heterocycles. The number of carbonyl (C=O) groups excluding carboxylic acids is 1. The minimum atomic E-state index is 0.123. The average molecular weight is 405 g/mol. The van der Waals surface area contributed by atoms with Crippen molar-refractivity contribution in [2.24, 2.45) is 0 Å². The molecule has 108 valence electrons. The molecule has 3 rings (SSSR count). The summed E-state index contributed by atoms with van der Waals surface area (Å²) in [5.74, 6) is 0.123. The lowest BCUT2D eigenvalue weighted by Gasteiger charge is -2.26. The number of hydrogen-bond donors (Lipinski definition) is 0. The Morgan fingerprint density at radius 3 is 2.85 bits per heavy atom. The first-order chi connectivity index (χ1) is 9.56. The van der Waals surface area contributed by atoms with Crippen LogP contribution in [0.25, 0.3) is 0 Å². The van der Waals surface area contributed by atoms with Gasteiger partial charge in [0.1, 0.15) is 0 Å². The summed E-state index contributed by atoms with van der Waals surface area (Å²) in [5.41, 5.74) is 0.735. The Morgan fingerprint density at radius 1 is 1.30 bits per heavy atom. The summed E-state index contributed by atoms with van der Waals surface area (Å²) in [5, 5.41) is 0.627. The van der Waals surface area contributed by atoms with Gasteiger partial charge in [0.2, 0.25) is 0 Å². The molecule has 2 aliphatic heterocycles. The van der Waals surface area contributed by atoms with Gasteiger partial charge in [0.15, 0.2) is 0 Å². The average Bonchev–Trinajstić information content (AvgIpc) is 2.65. The van der Waals surface area contributed by atoms with E-state index in [1.54, 1.807) is 6.07 Å². The molecule has 2 atom stereocenters. The Balaban J connectivity index is 1.82. The molecule has 3 nitrogen and oxygen atoms in total. The Morgan fingerprint density at radius 2 is 2.05 bits per heavy atom. The van der Waals surface area contributed by atoms with Crippen molar-refractivity contribution in [3.05, 3.63) is 32.4 Å². The number of hydrogen-bond acceptors (Lipinski definition) is 2. The highest BCUT2D eigenvalue weighted by Crippen LogP contribution is 2.29. The third-order valence-corrected chi connectivity index (χ3v) is 5.77. The standard InChI is InChI=1S/C15H18ClIN2O/c1-18-11-3-4-12(18)9-19(7-6-11)15(20)13-8-10(16)2-5-14(13)17/h2,5,8,11-12H,3-4,6-7,9H2,1H3. The third-order valence-electron chi connectivity index (χ3n) is 4.59. The zero-order valence-electron chi connectivity index (χ0n) is 11.5. The van der Waals surface area contributed by atoms with Crippen LogP contribution in [0.1, 0.15) is 29.6 Å². The number of benzene rings is 1. The van der Waals surface area contributed by atoms with Crippen LogP contribution in [0.2, 0.25) is 5.02 Å². The third kappa shape index (κ3) is 2.70. The summed E-state index contributed by atoms with van der Waals surface area (Å²) in [4.78, 5) is 17.2. The van der Waals surface area contributed by atoms with Gasteiger partial charge < -0.3 is 4.90 Å². The van der Waals surface area contributed by atoms with Gasteiger partial charge in [-0.2, -0.15) is 0 Å². The molecule has 2 aliphatic rings. The number of likely N-dealkylation sites (N-methyl/N-ethyl adjacent to an activating group) is 1. The molecule has 0 N–H and O–H groups in total. The molecule has 0 saturated carbocycles. The zero-order chi connectivity index (χ0) is 14.3. The van der Waals surface area contributed by atoms with Crippen molar-refractivity contribution in [3.63, 3.8) is 0 Å². The maximum atomic E-state index is 12.8. The van der Waals surface area contributed by atoms with E-state index in [1.165, 1.54) is 12.8 Å². The molecule has 5 heteroatoms. The SMILES string of the molecule is CN1C2CCC1CN(C(=O)c1cc(Cl)ccc1I)CC2. The highest BCUT2D eigenvalue weighted by atomic mass is 127. The second kappa shape index (κ2) is 5.81. The quantitative estimate of drug-likeness (QED) is 0.671. The number of carbonyl (C=O) groups is 1. The molecule has 1 aromatic rings. The lowest BCUT2D eigenvalue weighted by molar-refractivity contribution is 0.0739. The molecule has 0 aromatic heterocycles. The molecule has 1 aromatic carbocycles. The molecule has 2 fully saturated rings. The van der Waals surface area contributed by atoms with E-state index >= 15 is 0 Å². The van der Waals surface area contributed by atoms with Crippen molar-refractivity contribution in [1.29, 1.82) is 0 Å². The summed E-state index contributed by atoms with van der Waals surface area (Å²) in [6.07, 6.45) is 3.56. The van der Waals surface area contributed by atoms with E-state index < -0.39 is 0 Å². The van der Waals surface area contributed by atoms with Gasteiger partial charge >= 0.3 is 0 Å². The van der Waals surface area contributed by atoms with Crippen LogP contribution in [0.5, 0.6) is 0 Å². The molecule has 0 aliphatic carbocycles. The maximum absolute atomic E-state index is 12.8. The highest BCUT2D eigenvalue weighted by Gasteiger charge is 2.36.